The van der Waals surface area contributed by atoms with Crippen LogP contribution >= 0.6 is 11.6 Å². The lowest BCUT2D eigenvalue weighted by molar-refractivity contribution is -0.130. The molecule has 0 unspecified atom stereocenters. The number of carbonyl (C=O) groups excluding carboxylic acids is 1. The van der Waals surface area contributed by atoms with Crippen molar-refractivity contribution in [1.29, 1.82) is 0 Å². The fourth-order valence-corrected chi connectivity index (χ4v) is 2.74. The summed E-state index contributed by atoms with van der Waals surface area (Å²) in [6, 6.07) is 13.3. The van der Waals surface area contributed by atoms with E-state index in [0.29, 0.717) is 23.2 Å². The Morgan fingerprint density at radius 1 is 1.15 bits per heavy atom. The van der Waals surface area contributed by atoms with Crippen molar-refractivity contribution in [2.45, 2.75) is 26.8 Å². The molecule has 0 saturated heterocycles. The highest BCUT2D eigenvalue weighted by Gasteiger charge is 2.16. The van der Waals surface area contributed by atoms with Crippen LogP contribution in [0.2, 0.25) is 5.02 Å². The van der Waals surface area contributed by atoms with Crippen molar-refractivity contribution in [2.24, 2.45) is 0 Å². The molecule has 0 N–H and O–H groups in total. The summed E-state index contributed by atoms with van der Waals surface area (Å²) in [4.78, 5) is 18.5. The van der Waals surface area contributed by atoms with E-state index in [-0.39, 0.29) is 12.5 Å². The molecule has 26 heavy (non-hydrogen) atoms. The molecule has 1 heterocycles. The number of hydrogen-bond acceptors (Lipinski definition) is 4. The van der Waals surface area contributed by atoms with Crippen LogP contribution in [-0.2, 0) is 17.8 Å². The molecular formula is C20H20ClN3O2. The molecule has 1 aromatic heterocycles. The summed E-state index contributed by atoms with van der Waals surface area (Å²) in [6.07, 6.45) is 0.349. The van der Waals surface area contributed by atoms with Crippen molar-refractivity contribution < 1.29 is 9.32 Å². The van der Waals surface area contributed by atoms with Crippen LogP contribution in [0.15, 0.2) is 47.0 Å². The molecule has 0 aliphatic heterocycles. The zero-order valence-electron chi connectivity index (χ0n) is 15.0. The molecule has 0 fully saturated rings. The van der Waals surface area contributed by atoms with E-state index in [4.69, 9.17) is 16.1 Å². The number of aromatic nitrogens is 2. The first-order valence-corrected chi connectivity index (χ1v) is 8.69. The normalized spacial score (nSPS) is 10.8. The minimum atomic E-state index is 0.00458. The predicted molar refractivity (Wildman–Crippen MR) is 101 cm³/mol. The average molecular weight is 370 g/mol. The molecule has 5 nitrogen and oxygen atoms in total. The number of likely N-dealkylation sites (N-methyl/N-ethyl adjacent to an activating group) is 1. The highest BCUT2D eigenvalue weighted by Crippen LogP contribution is 2.19. The van der Waals surface area contributed by atoms with Crippen LogP contribution in [0.5, 0.6) is 0 Å². The lowest BCUT2D eigenvalue weighted by atomic mass is 10.0. The topological polar surface area (TPSA) is 59.2 Å². The molecule has 0 spiro atoms. The lowest BCUT2D eigenvalue weighted by Crippen LogP contribution is -2.28. The maximum atomic E-state index is 12.5. The number of halogens is 1. The third-order valence-corrected chi connectivity index (χ3v) is 4.47. The fourth-order valence-electron chi connectivity index (χ4n) is 2.61. The van der Waals surface area contributed by atoms with Crippen LogP contribution in [0.1, 0.15) is 22.6 Å². The summed E-state index contributed by atoms with van der Waals surface area (Å²) >= 11 is 5.89. The highest BCUT2D eigenvalue weighted by molar-refractivity contribution is 6.30. The Kier molecular flexibility index (Phi) is 5.38. The van der Waals surface area contributed by atoms with Gasteiger partial charge in [-0.15, -0.1) is 0 Å². The van der Waals surface area contributed by atoms with E-state index in [1.54, 1.807) is 24.1 Å². The third-order valence-electron chi connectivity index (χ3n) is 4.22. The number of benzene rings is 2. The van der Waals surface area contributed by atoms with E-state index >= 15 is 0 Å². The van der Waals surface area contributed by atoms with Gasteiger partial charge >= 0.3 is 0 Å². The van der Waals surface area contributed by atoms with Crippen molar-refractivity contribution in [3.8, 4) is 11.4 Å². The van der Waals surface area contributed by atoms with E-state index in [1.165, 1.54) is 0 Å². The number of carbonyl (C=O) groups is 1. The van der Waals surface area contributed by atoms with Gasteiger partial charge in [-0.2, -0.15) is 4.98 Å². The molecule has 0 aliphatic rings. The van der Waals surface area contributed by atoms with Gasteiger partial charge in [0.1, 0.15) is 0 Å². The van der Waals surface area contributed by atoms with Crippen molar-refractivity contribution in [2.75, 3.05) is 7.05 Å². The minimum absolute atomic E-state index is 0.00458. The number of aryl methyl sites for hydroxylation is 2. The second-order valence-corrected chi connectivity index (χ2v) is 6.81. The van der Waals surface area contributed by atoms with Gasteiger partial charge in [0.05, 0.1) is 13.0 Å². The van der Waals surface area contributed by atoms with Gasteiger partial charge in [0.2, 0.25) is 17.6 Å². The molecule has 0 radical (unpaired) electrons. The standard InChI is InChI=1S/C20H20ClN3O2/c1-13-4-5-14(2)16(10-13)11-19(25)24(3)12-18-22-20(23-26-18)15-6-8-17(21)9-7-15/h4-10H,11-12H2,1-3H3. The lowest BCUT2D eigenvalue weighted by Gasteiger charge is -2.16. The van der Waals surface area contributed by atoms with Gasteiger partial charge in [0, 0.05) is 17.6 Å². The first-order valence-electron chi connectivity index (χ1n) is 8.31. The molecule has 3 aromatic rings. The van der Waals surface area contributed by atoms with Gasteiger partial charge in [-0.1, -0.05) is 40.5 Å². The van der Waals surface area contributed by atoms with Crippen LogP contribution in [0, 0.1) is 13.8 Å². The number of rotatable bonds is 5. The van der Waals surface area contributed by atoms with Crippen molar-refractivity contribution in [1.82, 2.24) is 15.0 Å². The van der Waals surface area contributed by atoms with E-state index in [9.17, 15) is 4.79 Å². The van der Waals surface area contributed by atoms with E-state index < -0.39 is 0 Å². The first-order chi connectivity index (χ1) is 12.4. The number of amides is 1. The van der Waals surface area contributed by atoms with Crippen LogP contribution in [-0.4, -0.2) is 28.0 Å². The van der Waals surface area contributed by atoms with Gasteiger partial charge in [-0.3, -0.25) is 4.79 Å². The first kappa shape index (κ1) is 18.1. The summed E-state index contributed by atoms with van der Waals surface area (Å²) in [7, 11) is 1.74. The Hall–Kier alpha value is -2.66. The van der Waals surface area contributed by atoms with Crippen LogP contribution < -0.4 is 0 Å². The highest BCUT2D eigenvalue weighted by atomic mass is 35.5. The largest absolute Gasteiger partial charge is 0.337 e. The monoisotopic (exact) mass is 369 g/mol. The molecule has 0 atom stereocenters. The molecule has 0 bridgehead atoms. The van der Waals surface area contributed by atoms with Crippen LogP contribution in [0.3, 0.4) is 0 Å². The maximum Gasteiger partial charge on any atom is 0.246 e. The number of hydrogen-bond donors (Lipinski definition) is 0. The molecule has 6 heteroatoms. The molecule has 2 aromatic carbocycles. The summed E-state index contributed by atoms with van der Waals surface area (Å²) in [5.74, 6) is 0.878. The van der Waals surface area contributed by atoms with Gasteiger partial charge in [0.15, 0.2) is 0 Å². The Morgan fingerprint density at radius 2 is 1.88 bits per heavy atom. The maximum absolute atomic E-state index is 12.5. The minimum Gasteiger partial charge on any atom is -0.337 e. The van der Waals surface area contributed by atoms with Crippen molar-refractivity contribution in [3.05, 3.63) is 70.1 Å². The summed E-state index contributed by atoms with van der Waals surface area (Å²) in [5, 5.41) is 4.62. The molecule has 134 valence electrons. The van der Waals surface area contributed by atoms with E-state index in [1.807, 2.05) is 44.2 Å². The Labute approximate surface area is 157 Å². The number of nitrogens with zero attached hydrogens (tertiary/aromatic N) is 3. The van der Waals surface area contributed by atoms with E-state index in [2.05, 4.69) is 10.1 Å². The van der Waals surface area contributed by atoms with Gasteiger partial charge in [0.25, 0.3) is 0 Å². The van der Waals surface area contributed by atoms with Crippen LogP contribution in [0.4, 0.5) is 0 Å². The molecule has 3 rings (SSSR count). The summed E-state index contributed by atoms with van der Waals surface area (Å²) in [5.41, 5.74) is 4.11. The summed E-state index contributed by atoms with van der Waals surface area (Å²) in [6.45, 7) is 4.30. The fraction of sp³-hybridized carbons (Fsp3) is 0.250. The van der Waals surface area contributed by atoms with Gasteiger partial charge in [-0.05, 0) is 49.2 Å². The molecule has 1 amide bonds. The third kappa shape index (κ3) is 4.29. The van der Waals surface area contributed by atoms with Gasteiger partial charge < -0.3 is 9.42 Å². The molecular weight excluding hydrogens is 350 g/mol. The average Bonchev–Trinajstić information content (AvgIpc) is 3.07. The SMILES string of the molecule is Cc1ccc(C)c(CC(=O)N(C)Cc2nc(-c3ccc(Cl)cc3)no2)c1. The smallest absolute Gasteiger partial charge is 0.246 e. The zero-order chi connectivity index (χ0) is 18.7. The second-order valence-electron chi connectivity index (χ2n) is 6.38. The second kappa shape index (κ2) is 7.70. The molecule has 0 aliphatic carbocycles. The summed E-state index contributed by atoms with van der Waals surface area (Å²) < 4.78 is 5.28. The Balaban J connectivity index is 1.66. The molecule has 0 saturated carbocycles. The van der Waals surface area contributed by atoms with Crippen molar-refractivity contribution in [3.63, 3.8) is 0 Å². The van der Waals surface area contributed by atoms with Crippen molar-refractivity contribution >= 4 is 17.5 Å². The Bertz CT molecular complexity index is 919. The van der Waals surface area contributed by atoms with E-state index in [0.717, 1.165) is 22.3 Å². The van der Waals surface area contributed by atoms with Crippen LogP contribution in [0.25, 0.3) is 11.4 Å². The zero-order valence-corrected chi connectivity index (χ0v) is 15.7. The van der Waals surface area contributed by atoms with Gasteiger partial charge in [-0.25, -0.2) is 0 Å². The predicted octanol–water partition coefficient (Wildman–Crippen LogP) is 4.21. The Morgan fingerprint density at radius 3 is 2.62 bits per heavy atom. The quantitative estimate of drug-likeness (QED) is 0.676.